The molecule has 0 saturated carbocycles. The first-order valence-corrected chi connectivity index (χ1v) is 12.0. The molecule has 29 heavy (non-hydrogen) atoms. The lowest BCUT2D eigenvalue weighted by atomic mass is 9.99. The van der Waals surface area contributed by atoms with Crippen molar-refractivity contribution >= 4 is 44.8 Å². The molecule has 0 aromatic heterocycles. The third-order valence-electron chi connectivity index (χ3n) is 5.05. The fourth-order valence-electron chi connectivity index (χ4n) is 3.47. The fraction of sp³-hybridized carbons (Fsp3) is 0.381. The van der Waals surface area contributed by atoms with E-state index in [1.165, 1.54) is 4.31 Å². The lowest BCUT2D eigenvalue weighted by Crippen LogP contribution is -2.44. The Morgan fingerprint density at radius 1 is 1.14 bits per heavy atom. The molecule has 1 atom stereocenters. The molecular formula is C21H24Cl2N2O3S. The van der Waals surface area contributed by atoms with Gasteiger partial charge >= 0.3 is 0 Å². The Hall–Kier alpha value is -1.60. The summed E-state index contributed by atoms with van der Waals surface area (Å²) in [6.07, 6.45) is 2.56. The monoisotopic (exact) mass is 454 g/mol. The smallest absolute Gasteiger partial charge is 0.228 e. The number of halogens is 2. The van der Waals surface area contributed by atoms with E-state index in [-0.39, 0.29) is 18.2 Å². The van der Waals surface area contributed by atoms with Gasteiger partial charge in [0.25, 0.3) is 0 Å². The molecule has 1 amide bonds. The summed E-state index contributed by atoms with van der Waals surface area (Å²) in [5.41, 5.74) is 1.56. The van der Waals surface area contributed by atoms with Crippen LogP contribution < -0.4 is 5.32 Å². The number of carbonyl (C=O) groups excluding carboxylic acids is 1. The second kappa shape index (κ2) is 9.94. The zero-order valence-corrected chi connectivity index (χ0v) is 18.3. The molecule has 1 unspecified atom stereocenters. The van der Waals surface area contributed by atoms with Gasteiger partial charge in [0.1, 0.15) is 0 Å². The quantitative estimate of drug-likeness (QED) is 0.663. The lowest BCUT2D eigenvalue weighted by molar-refractivity contribution is -0.120. The maximum atomic E-state index is 12.8. The topological polar surface area (TPSA) is 66.5 Å². The number of nitrogens with zero attached hydrogens (tertiary/aromatic N) is 1. The summed E-state index contributed by atoms with van der Waals surface area (Å²) in [4.78, 5) is 12.7. The summed E-state index contributed by atoms with van der Waals surface area (Å²) in [7, 11) is -3.40. The van der Waals surface area contributed by atoms with Crippen LogP contribution in [0, 0.1) is 5.92 Å². The highest BCUT2D eigenvalue weighted by Gasteiger charge is 2.32. The number of sulfonamides is 1. The van der Waals surface area contributed by atoms with Crippen molar-refractivity contribution in [3.63, 3.8) is 0 Å². The van der Waals surface area contributed by atoms with Gasteiger partial charge in [-0.25, -0.2) is 12.7 Å². The number of nitrogens with one attached hydrogen (secondary N) is 1. The molecule has 0 bridgehead atoms. The second-order valence-electron chi connectivity index (χ2n) is 7.22. The van der Waals surface area contributed by atoms with E-state index < -0.39 is 15.9 Å². The van der Waals surface area contributed by atoms with Gasteiger partial charge in [-0.05, 0) is 49.4 Å². The zero-order valence-electron chi connectivity index (χ0n) is 16.0. The highest BCUT2D eigenvalue weighted by atomic mass is 35.5. The summed E-state index contributed by atoms with van der Waals surface area (Å²) >= 11 is 12.1. The third kappa shape index (κ3) is 6.19. The minimum atomic E-state index is -3.40. The number of hydrogen-bond donors (Lipinski definition) is 1. The van der Waals surface area contributed by atoms with Crippen molar-refractivity contribution in [3.8, 4) is 0 Å². The Bertz CT molecular complexity index is 952. The minimum absolute atomic E-state index is 0.0797. The van der Waals surface area contributed by atoms with Gasteiger partial charge in [0, 0.05) is 18.1 Å². The highest BCUT2D eigenvalue weighted by molar-refractivity contribution is 7.89. The Morgan fingerprint density at radius 2 is 1.90 bits per heavy atom. The van der Waals surface area contributed by atoms with Crippen LogP contribution in [0.15, 0.2) is 48.5 Å². The number of benzene rings is 2. The molecule has 0 aliphatic carbocycles. The van der Waals surface area contributed by atoms with E-state index in [2.05, 4.69) is 5.32 Å². The summed E-state index contributed by atoms with van der Waals surface area (Å²) in [6.45, 7) is 0.646. The molecule has 1 heterocycles. The van der Waals surface area contributed by atoms with Crippen LogP contribution in [0.5, 0.6) is 0 Å². The summed E-state index contributed by atoms with van der Waals surface area (Å²) in [5, 5.41) is 3.64. The second-order valence-corrected chi connectivity index (χ2v) is 10.1. The van der Waals surface area contributed by atoms with Gasteiger partial charge in [-0.15, -0.1) is 0 Å². The highest BCUT2D eigenvalue weighted by Crippen LogP contribution is 2.27. The largest absolute Gasteiger partial charge is 0.324 e. The van der Waals surface area contributed by atoms with Crippen LogP contribution in [0.2, 0.25) is 10.0 Å². The van der Waals surface area contributed by atoms with Crippen molar-refractivity contribution in [2.24, 2.45) is 5.92 Å². The van der Waals surface area contributed by atoms with Crippen molar-refractivity contribution in [1.82, 2.24) is 4.31 Å². The zero-order chi connectivity index (χ0) is 20.9. The van der Waals surface area contributed by atoms with Crippen molar-refractivity contribution < 1.29 is 13.2 Å². The van der Waals surface area contributed by atoms with Crippen LogP contribution >= 0.6 is 23.2 Å². The fourth-order valence-corrected chi connectivity index (χ4v) is 5.39. The van der Waals surface area contributed by atoms with E-state index in [9.17, 15) is 13.2 Å². The maximum absolute atomic E-state index is 12.8. The van der Waals surface area contributed by atoms with Gasteiger partial charge < -0.3 is 5.32 Å². The Kier molecular flexibility index (Phi) is 7.57. The summed E-state index contributed by atoms with van der Waals surface area (Å²) in [6, 6.07) is 14.7. The van der Waals surface area contributed by atoms with Crippen molar-refractivity contribution in [3.05, 3.63) is 64.1 Å². The first-order valence-electron chi connectivity index (χ1n) is 9.63. The average Bonchev–Trinajstić information content (AvgIpc) is 2.71. The molecule has 5 nitrogen and oxygen atoms in total. The molecule has 1 N–H and O–H groups in total. The van der Waals surface area contributed by atoms with Crippen LogP contribution in [0.25, 0.3) is 0 Å². The van der Waals surface area contributed by atoms with Crippen molar-refractivity contribution in [2.75, 3.05) is 24.2 Å². The standard InChI is InChI=1S/C21H24Cl2N2O3S/c22-18-10-11-19(23)20(14-18)24-21(26)17-9-4-12-25(15-17)29(27,28)13-5-8-16-6-2-1-3-7-16/h1-3,6-7,10-11,14,17H,4-5,8-9,12-13,15H2,(H,24,26). The van der Waals surface area contributed by atoms with Gasteiger partial charge in [-0.1, -0.05) is 53.5 Å². The molecule has 1 aliphatic heterocycles. The maximum Gasteiger partial charge on any atom is 0.228 e. The molecule has 2 aromatic carbocycles. The average molecular weight is 455 g/mol. The van der Waals surface area contributed by atoms with Gasteiger partial charge in [0.05, 0.1) is 22.4 Å². The Balaban J connectivity index is 1.57. The van der Waals surface area contributed by atoms with E-state index in [4.69, 9.17) is 23.2 Å². The molecular weight excluding hydrogens is 431 g/mol. The van der Waals surface area contributed by atoms with E-state index >= 15 is 0 Å². The Morgan fingerprint density at radius 3 is 2.66 bits per heavy atom. The van der Waals surface area contributed by atoms with Gasteiger partial charge in [0.2, 0.25) is 15.9 Å². The molecule has 1 aliphatic rings. The number of carbonyl (C=O) groups is 1. The van der Waals surface area contributed by atoms with Crippen LogP contribution in [0.3, 0.4) is 0 Å². The normalized spacial score (nSPS) is 17.8. The van der Waals surface area contributed by atoms with Crippen LogP contribution in [-0.2, 0) is 21.2 Å². The van der Waals surface area contributed by atoms with Gasteiger partial charge in [0.15, 0.2) is 0 Å². The summed E-state index contributed by atoms with van der Waals surface area (Å²) < 4.78 is 27.0. The van der Waals surface area contributed by atoms with Crippen molar-refractivity contribution in [1.29, 1.82) is 0 Å². The van der Waals surface area contributed by atoms with E-state index in [1.54, 1.807) is 18.2 Å². The number of aryl methyl sites for hydroxylation is 1. The molecule has 0 spiro atoms. The molecule has 2 aromatic rings. The first-order chi connectivity index (χ1) is 13.8. The number of rotatable bonds is 7. The van der Waals surface area contributed by atoms with Gasteiger partial charge in [-0.3, -0.25) is 4.79 Å². The molecule has 1 saturated heterocycles. The van der Waals surface area contributed by atoms with Crippen molar-refractivity contribution in [2.45, 2.75) is 25.7 Å². The van der Waals surface area contributed by atoms with Crippen LogP contribution in [0.1, 0.15) is 24.8 Å². The summed E-state index contributed by atoms with van der Waals surface area (Å²) in [5.74, 6) is -0.572. The lowest BCUT2D eigenvalue weighted by Gasteiger charge is -2.31. The van der Waals surface area contributed by atoms with E-state index in [1.807, 2.05) is 30.3 Å². The van der Waals surface area contributed by atoms with E-state index in [0.717, 1.165) is 5.56 Å². The minimum Gasteiger partial charge on any atom is -0.324 e. The molecule has 0 radical (unpaired) electrons. The molecule has 8 heteroatoms. The number of anilines is 1. The SMILES string of the molecule is O=C(Nc1cc(Cl)ccc1Cl)C1CCCN(S(=O)(=O)CCCc2ccccc2)C1. The first kappa shape index (κ1) is 22.1. The number of amides is 1. The molecule has 3 rings (SSSR count). The third-order valence-corrected chi connectivity index (χ3v) is 7.53. The predicted molar refractivity (Wildman–Crippen MR) is 118 cm³/mol. The molecule has 1 fully saturated rings. The van der Waals surface area contributed by atoms with Gasteiger partial charge in [-0.2, -0.15) is 0 Å². The van der Waals surface area contributed by atoms with Crippen LogP contribution in [0.4, 0.5) is 5.69 Å². The van der Waals surface area contributed by atoms with E-state index in [0.29, 0.717) is 48.0 Å². The van der Waals surface area contributed by atoms with Crippen LogP contribution in [-0.4, -0.2) is 37.5 Å². The number of hydrogen-bond acceptors (Lipinski definition) is 3. The molecule has 156 valence electrons. The predicted octanol–water partition coefficient (Wildman–Crippen LogP) is 4.61. The number of piperidine rings is 1. The Labute approximate surface area is 182 Å².